The fourth-order valence-electron chi connectivity index (χ4n) is 1.78. The number of hydrogen-bond donors (Lipinski definition) is 0. The van der Waals surface area contributed by atoms with Crippen molar-refractivity contribution in [3.63, 3.8) is 0 Å². The summed E-state index contributed by atoms with van der Waals surface area (Å²) >= 11 is 0. The summed E-state index contributed by atoms with van der Waals surface area (Å²) in [4.78, 5) is 23.2. The van der Waals surface area contributed by atoms with E-state index < -0.39 is 5.92 Å². The van der Waals surface area contributed by atoms with E-state index in [1.807, 2.05) is 30.3 Å². The van der Waals surface area contributed by atoms with Gasteiger partial charge in [0.15, 0.2) is 0 Å². The number of ketones is 1. The molecule has 1 aromatic rings. The van der Waals surface area contributed by atoms with Crippen molar-refractivity contribution in [2.45, 2.75) is 33.0 Å². The van der Waals surface area contributed by atoms with Gasteiger partial charge in [0.1, 0.15) is 12.4 Å². The highest BCUT2D eigenvalue weighted by molar-refractivity contribution is 5.84. The molecule has 0 spiro atoms. The molecule has 104 valence electrons. The van der Waals surface area contributed by atoms with Crippen LogP contribution in [0.25, 0.3) is 0 Å². The summed E-state index contributed by atoms with van der Waals surface area (Å²) in [5.41, 5.74) is 0.926. The lowest BCUT2D eigenvalue weighted by atomic mass is 9.95. The Hall–Kier alpha value is -1.68. The van der Waals surface area contributed by atoms with E-state index in [1.165, 1.54) is 14.0 Å². The predicted molar refractivity (Wildman–Crippen MR) is 71.5 cm³/mol. The summed E-state index contributed by atoms with van der Waals surface area (Å²) < 4.78 is 10.3. The quantitative estimate of drug-likeness (QED) is 0.709. The van der Waals surface area contributed by atoms with E-state index in [1.54, 1.807) is 6.92 Å². The summed E-state index contributed by atoms with van der Waals surface area (Å²) in [5, 5.41) is 0. The van der Waals surface area contributed by atoms with Gasteiger partial charge in [-0.25, -0.2) is 0 Å². The third-order valence-corrected chi connectivity index (χ3v) is 3.09. The van der Waals surface area contributed by atoms with Gasteiger partial charge in [-0.15, -0.1) is 0 Å². The molecule has 0 fully saturated rings. The Bertz CT molecular complexity index is 413. The van der Waals surface area contributed by atoms with E-state index in [0.29, 0.717) is 0 Å². The minimum Gasteiger partial charge on any atom is -0.461 e. The Kier molecular flexibility index (Phi) is 6.22. The third-order valence-electron chi connectivity index (χ3n) is 3.09. The molecule has 2 unspecified atom stereocenters. The molecule has 1 aromatic carbocycles. The van der Waals surface area contributed by atoms with Gasteiger partial charge in [0.2, 0.25) is 0 Å². The summed E-state index contributed by atoms with van der Waals surface area (Å²) in [7, 11) is 1.52. The van der Waals surface area contributed by atoms with Gasteiger partial charge < -0.3 is 9.47 Å². The Morgan fingerprint density at radius 2 is 1.84 bits per heavy atom. The van der Waals surface area contributed by atoms with Crippen LogP contribution >= 0.6 is 0 Å². The van der Waals surface area contributed by atoms with Crippen LogP contribution in [0.4, 0.5) is 0 Å². The maximum atomic E-state index is 11.7. The number of benzene rings is 1. The first-order valence-corrected chi connectivity index (χ1v) is 6.27. The van der Waals surface area contributed by atoms with Gasteiger partial charge in [-0.2, -0.15) is 0 Å². The number of Topliss-reactive ketones (excluding diaryl/α,β-unsaturated/α-hetero) is 1. The number of hydrogen-bond acceptors (Lipinski definition) is 4. The van der Waals surface area contributed by atoms with Gasteiger partial charge in [0.05, 0.1) is 18.4 Å². The van der Waals surface area contributed by atoms with Crippen LogP contribution in [0.3, 0.4) is 0 Å². The second-order valence-corrected chi connectivity index (χ2v) is 4.51. The van der Waals surface area contributed by atoms with Gasteiger partial charge in [-0.05, 0) is 19.4 Å². The first kappa shape index (κ1) is 15.4. The summed E-state index contributed by atoms with van der Waals surface area (Å²) in [5.74, 6) is -0.896. The maximum Gasteiger partial charge on any atom is 0.306 e. The normalized spacial score (nSPS) is 13.6. The second-order valence-electron chi connectivity index (χ2n) is 4.51. The van der Waals surface area contributed by atoms with Crippen LogP contribution in [0.2, 0.25) is 0 Å². The van der Waals surface area contributed by atoms with E-state index in [-0.39, 0.29) is 30.9 Å². The van der Waals surface area contributed by atoms with Crippen molar-refractivity contribution >= 4 is 11.8 Å². The van der Waals surface area contributed by atoms with Crippen molar-refractivity contribution in [2.24, 2.45) is 5.92 Å². The summed E-state index contributed by atoms with van der Waals surface area (Å²) in [6.07, 6.45) is -0.237. The lowest BCUT2D eigenvalue weighted by Crippen LogP contribution is -2.29. The smallest absolute Gasteiger partial charge is 0.306 e. The van der Waals surface area contributed by atoms with Crippen LogP contribution in [0.15, 0.2) is 30.3 Å². The van der Waals surface area contributed by atoms with E-state index in [0.717, 1.165) is 5.56 Å². The molecule has 4 heteroatoms. The van der Waals surface area contributed by atoms with Crippen molar-refractivity contribution in [1.29, 1.82) is 0 Å². The number of carbonyl (C=O) groups excluding carboxylic acids is 2. The maximum absolute atomic E-state index is 11.7. The second kappa shape index (κ2) is 7.69. The van der Waals surface area contributed by atoms with Crippen LogP contribution in [-0.4, -0.2) is 25.0 Å². The molecule has 0 bridgehead atoms. The number of methoxy groups -OCH3 is 1. The molecule has 1 rings (SSSR count). The highest BCUT2D eigenvalue weighted by atomic mass is 16.5. The van der Waals surface area contributed by atoms with Gasteiger partial charge in [-0.3, -0.25) is 9.59 Å². The fraction of sp³-hybridized carbons (Fsp3) is 0.467. The molecule has 0 aliphatic carbocycles. The molecule has 0 saturated carbocycles. The van der Waals surface area contributed by atoms with Gasteiger partial charge in [-0.1, -0.05) is 30.3 Å². The summed E-state index contributed by atoms with van der Waals surface area (Å²) in [6.45, 7) is 3.47. The first-order valence-electron chi connectivity index (χ1n) is 6.27. The average molecular weight is 264 g/mol. The molecule has 19 heavy (non-hydrogen) atoms. The molecule has 2 atom stereocenters. The predicted octanol–water partition coefficient (Wildman–Crippen LogP) is 2.36. The van der Waals surface area contributed by atoms with Gasteiger partial charge in [0, 0.05) is 7.11 Å². The number of ether oxygens (including phenoxy) is 2. The molecule has 0 aliphatic rings. The van der Waals surface area contributed by atoms with E-state index >= 15 is 0 Å². The van der Waals surface area contributed by atoms with Crippen molar-refractivity contribution in [2.75, 3.05) is 7.11 Å². The number of carbonyl (C=O) groups is 2. The Morgan fingerprint density at radius 3 is 2.37 bits per heavy atom. The molecule has 0 radical (unpaired) electrons. The molecule has 4 nitrogen and oxygen atoms in total. The zero-order valence-corrected chi connectivity index (χ0v) is 11.6. The molecule has 0 amide bonds. The van der Waals surface area contributed by atoms with Gasteiger partial charge in [0.25, 0.3) is 0 Å². The largest absolute Gasteiger partial charge is 0.461 e. The zero-order chi connectivity index (χ0) is 14.3. The molecule has 0 aromatic heterocycles. The Labute approximate surface area is 113 Å². The van der Waals surface area contributed by atoms with Crippen LogP contribution < -0.4 is 0 Å². The van der Waals surface area contributed by atoms with E-state index in [9.17, 15) is 9.59 Å². The van der Waals surface area contributed by atoms with E-state index in [2.05, 4.69) is 0 Å². The van der Waals surface area contributed by atoms with Gasteiger partial charge >= 0.3 is 5.97 Å². The van der Waals surface area contributed by atoms with Crippen LogP contribution in [0, 0.1) is 5.92 Å². The SMILES string of the molecule is COC(C)C(CC(=O)OCc1ccccc1)C(C)=O. The minimum atomic E-state index is -0.451. The van der Waals surface area contributed by atoms with Crippen LogP contribution in [0.5, 0.6) is 0 Å². The molecule has 0 aliphatic heterocycles. The first-order chi connectivity index (χ1) is 9.04. The number of esters is 1. The molecular formula is C15H20O4. The highest BCUT2D eigenvalue weighted by Crippen LogP contribution is 2.14. The average Bonchev–Trinajstić information content (AvgIpc) is 2.42. The van der Waals surface area contributed by atoms with Crippen molar-refractivity contribution in [1.82, 2.24) is 0 Å². The zero-order valence-electron chi connectivity index (χ0n) is 11.6. The fourth-order valence-corrected chi connectivity index (χ4v) is 1.78. The van der Waals surface area contributed by atoms with Crippen molar-refractivity contribution in [3.05, 3.63) is 35.9 Å². The summed E-state index contributed by atoms with van der Waals surface area (Å²) in [6, 6.07) is 9.43. The Morgan fingerprint density at radius 1 is 1.21 bits per heavy atom. The van der Waals surface area contributed by atoms with Crippen LogP contribution in [-0.2, 0) is 25.7 Å². The molecule has 0 N–H and O–H groups in total. The van der Waals surface area contributed by atoms with Crippen molar-refractivity contribution in [3.8, 4) is 0 Å². The van der Waals surface area contributed by atoms with Crippen LogP contribution in [0.1, 0.15) is 25.8 Å². The number of rotatable bonds is 7. The lowest BCUT2D eigenvalue weighted by Gasteiger charge is -2.19. The van der Waals surface area contributed by atoms with E-state index in [4.69, 9.17) is 9.47 Å². The standard InChI is InChI=1S/C15H20O4/c1-11(16)14(12(2)18-3)9-15(17)19-10-13-7-5-4-6-8-13/h4-8,12,14H,9-10H2,1-3H3. The minimum absolute atomic E-state index is 0.0528. The van der Waals surface area contributed by atoms with Crippen molar-refractivity contribution < 1.29 is 19.1 Å². The Balaban J connectivity index is 2.47. The molecular weight excluding hydrogens is 244 g/mol. The lowest BCUT2D eigenvalue weighted by molar-refractivity contribution is -0.149. The highest BCUT2D eigenvalue weighted by Gasteiger charge is 2.25. The topological polar surface area (TPSA) is 52.6 Å². The monoisotopic (exact) mass is 264 g/mol. The molecule has 0 heterocycles. The third kappa shape index (κ3) is 5.22. The molecule has 0 saturated heterocycles.